The number of benzene rings is 1. The number of carbonyl (C=O) groups is 1. The normalized spacial score (nSPS) is 23.3. The average molecular weight is 262 g/mol. The lowest BCUT2D eigenvalue weighted by atomic mass is 9.96. The maximum absolute atomic E-state index is 12.2. The second-order valence-electron chi connectivity index (χ2n) is 5.48. The second kappa shape index (κ2) is 5.61. The first kappa shape index (κ1) is 13.9. The summed E-state index contributed by atoms with van der Waals surface area (Å²) in [7, 11) is 0. The molecular weight excluding hydrogens is 240 g/mol. The summed E-state index contributed by atoms with van der Waals surface area (Å²) in [5.74, 6) is 0.268. The first-order chi connectivity index (χ1) is 8.99. The van der Waals surface area contributed by atoms with Gasteiger partial charge in [0.25, 0.3) is 0 Å². The van der Waals surface area contributed by atoms with Crippen LogP contribution < -0.4 is 5.32 Å². The number of aryl methyl sites for hydroxylation is 2. The second-order valence-corrected chi connectivity index (χ2v) is 5.48. The molecule has 19 heavy (non-hydrogen) atoms. The number of aliphatic hydroxyl groups excluding tert-OH is 1. The zero-order valence-electron chi connectivity index (χ0n) is 11.8. The fourth-order valence-electron chi connectivity index (χ4n) is 2.43. The Bertz CT molecular complexity index is 453. The highest BCUT2D eigenvalue weighted by Gasteiger charge is 2.27. The molecule has 2 N–H and O–H groups in total. The number of carbonyl (C=O) groups excluding carboxylic acids is 1. The van der Waals surface area contributed by atoms with Crippen molar-refractivity contribution in [2.24, 2.45) is 5.92 Å². The molecule has 0 saturated carbocycles. The number of rotatable bonds is 1. The van der Waals surface area contributed by atoms with Gasteiger partial charge in [-0.3, -0.25) is 0 Å². The van der Waals surface area contributed by atoms with Gasteiger partial charge in [0.1, 0.15) is 0 Å². The van der Waals surface area contributed by atoms with Gasteiger partial charge in [-0.25, -0.2) is 4.79 Å². The molecule has 0 bridgehead atoms. The Balaban J connectivity index is 2.05. The number of aliphatic hydroxyl groups is 1. The number of urea groups is 1. The van der Waals surface area contributed by atoms with Crippen LogP contribution in [0.25, 0.3) is 0 Å². The van der Waals surface area contributed by atoms with Crippen molar-refractivity contribution in [2.45, 2.75) is 33.3 Å². The Hall–Kier alpha value is -1.55. The Morgan fingerprint density at radius 1 is 1.37 bits per heavy atom. The Morgan fingerprint density at radius 2 is 2.00 bits per heavy atom. The molecule has 0 spiro atoms. The van der Waals surface area contributed by atoms with E-state index in [9.17, 15) is 9.90 Å². The van der Waals surface area contributed by atoms with E-state index in [2.05, 4.69) is 5.32 Å². The van der Waals surface area contributed by atoms with Crippen LogP contribution in [0.1, 0.15) is 24.5 Å². The van der Waals surface area contributed by atoms with Crippen molar-refractivity contribution in [2.75, 3.05) is 18.4 Å². The summed E-state index contributed by atoms with van der Waals surface area (Å²) in [6.07, 6.45) is 0.430. The average Bonchev–Trinajstić information content (AvgIpc) is 2.37. The van der Waals surface area contributed by atoms with Gasteiger partial charge in [-0.05, 0) is 37.3 Å². The number of nitrogens with one attached hydrogen (secondary N) is 1. The number of piperidine rings is 1. The van der Waals surface area contributed by atoms with Crippen LogP contribution in [0.15, 0.2) is 18.2 Å². The fraction of sp³-hybridized carbons (Fsp3) is 0.533. The first-order valence-electron chi connectivity index (χ1n) is 6.79. The van der Waals surface area contributed by atoms with Crippen molar-refractivity contribution >= 4 is 11.7 Å². The van der Waals surface area contributed by atoms with Crippen LogP contribution in [0.2, 0.25) is 0 Å². The number of para-hydroxylation sites is 1. The minimum absolute atomic E-state index is 0.122. The molecule has 104 valence electrons. The fourth-order valence-corrected chi connectivity index (χ4v) is 2.43. The van der Waals surface area contributed by atoms with Crippen molar-refractivity contribution in [1.29, 1.82) is 0 Å². The highest BCUT2D eigenvalue weighted by molar-refractivity contribution is 5.91. The van der Waals surface area contributed by atoms with Crippen LogP contribution in [0.4, 0.5) is 10.5 Å². The molecule has 0 aromatic heterocycles. The molecule has 1 aliphatic rings. The molecule has 1 heterocycles. The lowest BCUT2D eigenvalue weighted by Crippen LogP contribution is -2.47. The van der Waals surface area contributed by atoms with Gasteiger partial charge >= 0.3 is 6.03 Å². The summed E-state index contributed by atoms with van der Waals surface area (Å²) in [5.41, 5.74) is 2.99. The van der Waals surface area contributed by atoms with E-state index >= 15 is 0 Å². The third kappa shape index (κ3) is 3.07. The van der Waals surface area contributed by atoms with E-state index in [1.807, 2.05) is 39.0 Å². The summed E-state index contributed by atoms with van der Waals surface area (Å²) in [5, 5.41) is 12.8. The standard InChI is InChI=1S/C15H22N2O2/c1-10-7-8-17(9-13(10)18)15(19)16-14-11(2)5-4-6-12(14)3/h4-6,10,13,18H,7-9H2,1-3H3,(H,16,19). The van der Waals surface area contributed by atoms with Crippen LogP contribution in [-0.4, -0.2) is 35.2 Å². The van der Waals surface area contributed by atoms with Crippen LogP contribution in [-0.2, 0) is 0 Å². The Kier molecular flexibility index (Phi) is 4.10. The van der Waals surface area contributed by atoms with E-state index in [-0.39, 0.29) is 11.9 Å². The van der Waals surface area contributed by atoms with Crippen molar-refractivity contribution < 1.29 is 9.90 Å². The molecule has 0 aliphatic carbocycles. The zero-order valence-corrected chi connectivity index (χ0v) is 11.8. The molecule has 1 fully saturated rings. The number of anilines is 1. The number of nitrogens with zero attached hydrogens (tertiary/aromatic N) is 1. The van der Waals surface area contributed by atoms with Crippen molar-refractivity contribution in [3.05, 3.63) is 29.3 Å². The van der Waals surface area contributed by atoms with Crippen molar-refractivity contribution in [3.8, 4) is 0 Å². The molecule has 2 unspecified atom stereocenters. The summed E-state index contributed by atoms with van der Waals surface area (Å²) in [6.45, 7) is 7.10. The topological polar surface area (TPSA) is 52.6 Å². The monoisotopic (exact) mass is 262 g/mol. The lowest BCUT2D eigenvalue weighted by Gasteiger charge is -2.34. The SMILES string of the molecule is Cc1cccc(C)c1NC(=O)N1CCC(C)C(O)C1. The van der Waals surface area contributed by atoms with Crippen LogP contribution in [0, 0.1) is 19.8 Å². The Labute approximate surface area is 114 Å². The number of β-amino-alcohol motifs (C(OH)–C–C–N with tert-alkyl or cyclic N) is 1. The third-order valence-electron chi connectivity index (χ3n) is 3.92. The van der Waals surface area contributed by atoms with E-state index in [0.717, 1.165) is 23.2 Å². The molecule has 4 nitrogen and oxygen atoms in total. The quantitative estimate of drug-likeness (QED) is 0.817. The maximum atomic E-state index is 12.2. The molecule has 1 aliphatic heterocycles. The number of likely N-dealkylation sites (tertiary alicyclic amines) is 1. The highest BCUT2D eigenvalue weighted by atomic mass is 16.3. The molecule has 4 heteroatoms. The minimum atomic E-state index is -0.419. The summed E-state index contributed by atoms with van der Waals surface area (Å²) < 4.78 is 0. The Morgan fingerprint density at radius 3 is 2.58 bits per heavy atom. The highest BCUT2D eigenvalue weighted by Crippen LogP contribution is 2.22. The van der Waals surface area contributed by atoms with E-state index < -0.39 is 6.10 Å². The van der Waals surface area contributed by atoms with E-state index in [0.29, 0.717) is 13.1 Å². The van der Waals surface area contributed by atoms with Gasteiger partial charge in [-0.15, -0.1) is 0 Å². The van der Waals surface area contributed by atoms with Gasteiger partial charge in [0.2, 0.25) is 0 Å². The molecule has 1 aromatic carbocycles. The largest absolute Gasteiger partial charge is 0.391 e. The van der Waals surface area contributed by atoms with Gasteiger partial charge < -0.3 is 15.3 Å². The van der Waals surface area contributed by atoms with Crippen LogP contribution in [0.3, 0.4) is 0 Å². The lowest BCUT2D eigenvalue weighted by molar-refractivity contribution is 0.0463. The maximum Gasteiger partial charge on any atom is 0.321 e. The number of amides is 2. The van der Waals surface area contributed by atoms with Crippen LogP contribution >= 0.6 is 0 Å². The van der Waals surface area contributed by atoms with Gasteiger partial charge in [0.05, 0.1) is 6.10 Å². The summed E-state index contributed by atoms with van der Waals surface area (Å²) >= 11 is 0. The number of hydrogen-bond acceptors (Lipinski definition) is 2. The summed E-state index contributed by atoms with van der Waals surface area (Å²) in [6, 6.07) is 5.82. The van der Waals surface area contributed by atoms with Gasteiger partial charge in [-0.2, -0.15) is 0 Å². The van der Waals surface area contributed by atoms with Gasteiger partial charge in [0.15, 0.2) is 0 Å². The molecule has 2 atom stereocenters. The van der Waals surface area contributed by atoms with Gasteiger partial charge in [0, 0.05) is 18.8 Å². The van der Waals surface area contributed by atoms with Gasteiger partial charge in [-0.1, -0.05) is 25.1 Å². The van der Waals surface area contributed by atoms with Crippen LogP contribution in [0.5, 0.6) is 0 Å². The predicted octanol–water partition coefficient (Wildman–Crippen LogP) is 2.54. The van der Waals surface area contributed by atoms with E-state index in [4.69, 9.17) is 0 Å². The molecule has 0 radical (unpaired) electrons. The van der Waals surface area contributed by atoms with Crippen molar-refractivity contribution in [3.63, 3.8) is 0 Å². The first-order valence-corrected chi connectivity index (χ1v) is 6.79. The number of hydrogen-bond donors (Lipinski definition) is 2. The van der Waals surface area contributed by atoms with Crippen molar-refractivity contribution in [1.82, 2.24) is 4.90 Å². The smallest absolute Gasteiger partial charge is 0.321 e. The minimum Gasteiger partial charge on any atom is -0.391 e. The molecule has 2 rings (SSSR count). The van der Waals surface area contributed by atoms with E-state index in [1.54, 1.807) is 4.90 Å². The summed E-state index contributed by atoms with van der Waals surface area (Å²) in [4.78, 5) is 13.9. The van der Waals surface area contributed by atoms with E-state index in [1.165, 1.54) is 0 Å². The molecular formula is C15H22N2O2. The zero-order chi connectivity index (χ0) is 14.0. The molecule has 1 aromatic rings. The third-order valence-corrected chi connectivity index (χ3v) is 3.92. The predicted molar refractivity (Wildman–Crippen MR) is 76.3 cm³/mol. The molecule has 1 saturated heterocycles. The molecule has 2 amide bonds.